The second-order valence-electron chi connectivity index (χ2n) is 2.14. The Labute approximate surface area is 52.5 Å². The van der Waals surface area contributed by atoms with Gasteiger partial charge in [-0.2, -0.15) is 0 Å². The summed E-state index contributed by atoms with van der Waals surface area (Å²) < 4.78 is 0. The number of hydrogen-bond acceptors (Lipinski definition) is 2. The smallest absolute Gasteiger partial charge is 0.133 e. The van der Waals surface area contributed by atoms with Crippen molar-refractivity contribution < 1.29 is 4.79 Å². The molecular weight excluding hydrogens is 118 g/mol. The Hall–Kier alpha value is -1.02. The molecule has 1 atom stereocenters. The van der Waals surface area contributed by atoms with Crippen LogP contribution in [-0.2, 0) is 4.79 Å². The highest BCUT2D eigenvalue weighted by Gasteiger charge is 2.19. The monoisotopic (exact) mass is 125 g/mol. The van der Waals surface area contributed by atoms with Crippen LogP contribution in [0.15, 0.2) is 5.11 Å². The zero-order valence-corrected chi connectivity index (χ0v) is 4.95. The van der Waals surface area contributed by atoms with Gasteiger partial charge in [-0.1, -0.05) is 5.11 Å². The summed E-state index contributed by atoms with van der Waals surface area (Å²) >= 11 is 0. The molecule has 0 bridgehead atoms. The molecule has 0 N–H and O–H groups in total. The number of nitrogens with zero attached hydrogens (tertiary/aromatic N) is 3. The molecule has 0 aromatic carbocycles. The van der Waals surface area contributed by atoms with Crippen molar-refractivity contribution in [3.05, 3.63) is 10.4 Å². The lowest BCUT2D eigenvalue weighted by Gasteiger charge is -1.91. The Morgan fingerprint density at radius 2 is 2.56 bits per heavy atom. The Kier molecular flexibility index (Phi) is 1.70. The Bertz CT molecular complexity index is 171. The molecule has 0 spiro atoms. The van der Waals surface area contributed by atoms with Crippen LogP contribution in [0.4, 0.5) is 0 Å². The van der Waals surface area contributed by atoms with Crippen LogP contribution in [0.25, 0.3) is 10.4 Å². The predicted molar refractivity (Wildman–Crippen MR) is 31.8 cm³/mol. The number of azide groups is 1. The molecule has 0 heterocycles. The number of hydrogen-bond donors (Lipinski definition) is 0. The highest BCUT2D eigenvalue weighted by molar-refractivity contribution is 5.81. The maximum absolute atomic E-state index is 10.5. The number of Topliss-reactive ketones (excluding diaryl/α,β-unsaturated/α-hetero) is 1. The Morgan fingerprint density at radius 3 is 3.00 bits per heavy atom. The highest BCUT2D eigenvalue weighted by atomic mass is 16.1. The number of carbonyl (C=O) groups excluding carboxylic acids is 1. The van der Waals surface area contributed by atoms with E-state index in [4.69, 9.17) is 5.53 Å². The molecule has 4 heteroatoms. The van der Waals surface area contributed by atoms with Gasteiger partial charge in [-0.15, -0.1) is 0 Å². The number of rotatable bonds is 1. The molecule has 1 aliphatic carbocycles. The summed E-state index contributed by atoms with van der Waals surface area (Å²) in [4.78, 5) is 13.2. The van der Waals surface area contributed by atoms with E-state index in [2.05, 4.69) is 10.0 Å². The fourth-order valence-electron chi connectivity index (χ4n) is 0.966. The van der Waals surface area contributed by atoms with Crippen LogP contribution in [0, 0.1) is 0 Å². The standard InChI is InChI=1S/C5H7N3O/c6-8-7-4-1-2-5(9)3-4/h4H,1-3H2/t4-/m0/s1. The average Bonchev–Trinajstić information content (AvgIpc) is 2.17. The minimum absolute atomic E-state index is 0.0532. The van der Waals surface area contributed by atoms with Crippen LogP contribution in [0.5, 0.6) is 0 Å². The van der Waals surface area contributed by atoms with Gasteiger partial charge in [0, 0.05) is 23.8 Å². The first-order chi connectivity index (χ1) is 4.33. The minimum atomic E-state index is -0.0532. The van der Waals surface area contributed by atoms with E-state index in [0.717, 1.165) is 6.42 Å². The van der Waals surface area contributed by atoms with E-state index in [1.807, 2.05) is 0 Å². The van der Waals surface area contributed by atoms with Gasteiger partial charge >= 0.3 is 0 Å². The summed E-state index contributed by atoms with van der Waals surface area (Å²) in [5.74, 6) is 0.215. The fraction of sp³-hybridized carbons (Fsp3) is 0.800. The van der Waals surface area contributed by atoms with Gasteiger partial charge in [-0.3, -0.25) is 4.79 Å². The van der Waals surface area contributed by atoms with Gasteiger partial charge in [0.05, 0.1) is 0 Å². The first-order valence-electron chi connectivity index (χ1n) is 2.89. The maximum atomic E-state index is 10.5. The van der Waals surface area contributed by atoms with Gasteiger partial charge in [0.15, 0.2) is 0 Å². The molecule has 1 rings (SSSR count). The van der Waals surface area contributed by atoms with Crippen molar-refractivity contribution in [1.29, 1.82) is 0 Å². The molecule has 0 aliphatic heterocycles. The lowest BCUT2D eigenvalue weighted by Crippen LogP contribution is -1.95. The van der Waals surface area contributed by atoms with E-state index in [1.54, 1.807) is 0 Å². The van der Waals surface area contributed by atoms with Crippen LogP contribution in [-0.4, -0.2) is 11.8 Å². The molecule has 0 aromatic rings. The summed E-state index contributed by atoms with van der Waals surface area (Å²) in [6.45, 7) is 0. The van der Waals surface area contributed by atoms with Crippen molar-refractivity contribution in [2.75, 3.05) is 0 Å². The van der Waals surface area contributed by atoms with Gasteiger partial charge in [0.1, 0.15) is 5.78 Å². The van der Waals surface area contributed by atoms with Crippen molar-refractivity contribution in [2.24, 2.45) is 5.11 Å². The Balaban J connectivity index is 2.48. The molecular formula is C5H7N3O. The quantitative estimate of drug-likeness (QED) is 0.297. The first kappa shape index (κ1) is 6.11. The van der Waals surface area contributed by atoms with Crippen molar-refractivity contribution in [3.63, 3.8) is 0 Å². The van der Waals surface area contributed by atoms with E-state index in [0.29, 0.717) is 12.8 Å². The van der Waals surface area contributed by atoms with Gasteiger partial charge in [0.25, 0.3) is 0 Å². The van der Waals surface area contributed by atoms with Crippen molar-refractivity contribution in [3.8, 4) is 0 Å². The van der Waals surface area contributed by atoms with Crippen LogP contribution in [0.2, 0.25) is 0 Å². The summed E-state index contributed by atoms with van der Waals surface area (Å²) in [6, 6.07) is -0.0532. The first-order valence-corrected chi connectivity index (χ1v) is 2.89. The van der Waals surface area contributed by atoms with Crippen LogP contribution >= 0.6 is 0 Å². The molecule has 9 heavy (non-hydrogen) atoms. The second kappa shape index (κ2) is 2.51. The van der Waals surface area contributed by atoms with Gasteiger partial charge in [-0.05, 0) is 12.0 Å². The molecule has 4 nitrogen and oxygen atoms in total. The summed E-state index contributed by atoms with van der Waals surface area (Å²) in [6.07, 6.45) is 1.77. The average molecular weight is 125 g/mol. The molecule has 0 saturated heterocycles. The molecule has 48 valence electrons. The lowest BCUT2D eigenvalue weighted by atomic mass is 10.3. The van der Waals surface area contributed by atoms with Gasteiger partial charge in [-0.25, -0.2) is 0 Å². The number of carbonyl (C=O) groups is 1. The van der Waals surface area contributed by atoms with Crippen LogP contribution in [0.3, 0.4) is 0 Å². The minimum Gasteiger partial charge on any atom is -0.300 e. The molecule has 0 aromatic heterocycles. The topological polar surface area (TPSA) is 65.8 Å². The molecule has 1 fully saturated rings. The van der Waals surface area contributed by atoms with E-state index < -0.39 is 0 Å². The van der Waals surface area contributed by atoms with E-state index in [9.17, 15) is 4.79 Å². The van der Waals surface area contributed by atoms with E-state index in [-0.39, 0.29) is 11.8 Å². The molecule has 1 saturated carbocycles. The largest absolute Gasteiger partial charge is 0.300 e. The highest BCUT2D eigenvalue weighted by Crippen LogP contribution is 2.17. The van der Waals surface area contributed by atoms with Crippen molar-refractivity contribution >= 4 is 5.78 Å². The molecule has 0 radical (unpaired) electrons. The maximum Gasteiger partial charge on any atom is 0.133 e. The third-order valence-electron chi connectivity index (χ3n) is 1.43. The number of ketones is 1. The summed E-state index contributed by atoms with van der Waals surface area (Å²) in [5.41, 5.74) is 7.96. The third-order valence-corrected chi connectivity index (χ3v) is 1.43. The van der Waals surface area contributed by atoms with E-state index in [1.165, 1.54) is 0 Å². The molecule has 0 unspecified atom stereocenters. The van der Waals surface area contributed by atoms with E-state index >= 15 is 0 Å². The zero-order valence-electron chi connectivity index (χ0n) is 4.95. The third kappa shape index (κ3) is 1.44. The van der Waals surface area contributed by atoms with Gasteiger partial charge < -0.3 is 0 Å². The SMILES string of the molecule is [N-]=[N+]=N[C@H]1CCC(=O)C1. The lowest BCUT2D eigenvalue weighted by molar-refractivity contribution is -0.117. The second-order valence-corrected chi connectivity index (χ2v) is 2.14. The fourth-order valence-corrected chi connectivity index (χ4v) is 0.966. The predicted octanol–water partition coefficient (Wildman–Crippen LogP) is 1.42. The normalized spacial score (nSPS) is 25.8. The molecule has 0 amide bonds. The summed E-state index contributed by atoms with van der Waals surface area (Å²) in [7, 11) is 0. The zero-order chi connectivity index (χ0) is 6.69. The van der Waals surface area contributed by atoms with Crippen molar-refractivity contribution in [2.45, 2.75) is 25.3 Å². The van der Waals surface area contributed by atoms with Crippen LogP contribution < -0.4 is 0 Å². The Morgan fingerprint density at radius 1 is 1.78 bits per heavy atom. The van der Waals surface area contributed by atoms with Crippen molar-refractivity contribution in [1.82, 2.24) is 0 Å². The van der Waals surface area contributed by atoms with Crippen LogP contribution in [0.1, 0.15) is 19.3 Å². The summed E-state index contributed by atoms with van der Waals surface area (Å²) in [5, 5.41) is 3.43. The molecule has 1 aliphatic rings. The van der Waals surface area contributed by atoms with Gasteiger partial charge in [0.2, 0.25) is 0 Å².